The molecule has 1 unspecified atom stereocenters. The summed E-state index contributed by atoms with van der Waals surface area (Å²) in [5, 5.41) is 1.12. The summed E-state index contributed by atoms with van der Waals surface area (Å²) >= 11 is 1.72. The van der Waals surface area contributed by atoms with Gasteiger partial charge in [-0.25, -0.2) is 0 Å². The molecule has 1 aliphatic carbocycles. The summed E-state index contributed by atoms with van der Waals surface area (Å²) in [6.45, 7) is 2.02. The Bertz CT molecular complexity index is 1300. The highest BCUT2D eigenvalue weighted by Gasteiger charge is 2.39. The van der Waals surface area contributed by atoms with Crippen LogP contribution in [0.5, 0.6) is 0 Å². The van der Waals surface area contributed by atoms with Gasteiger partial charge in [0.25, 0.3) is 0 Å². The minimum Gasteiger partial charge on any atom is -0.303 e. The van der Waals surface area contributed by atoms with Gasteiger partial charge in [-0.05, 0) is 41.2 Å². The van der Waals surface area contributed by atoms with Gasteiger partial charge in [0, 0.05) is 27.5 Å². The number of aldehydes is 1. The summed E-state index contributed by atoms with van der Waals surface area (Å²) in [4.78, 5) is 26.8. The lowest BCUT2D eigenvalue weighted by Crippen LogP contribution is -2.26. The smallest absolute Gasteiger partial charge is 0.171 e. The SMILES string of the molecule is Cc1ccc(C(=O)C2c3c(sc4ccccc34)C=C(c3ccccc3)[C@@H]2CC=O)cc1. The number of ketones is 1. The first-order valence-electron chi connectivity index (χ1n) is 10.5. The van der Waals surface area contributed by atoms with Gasteiger partial charge in [-0.15, -0.1) is 11.3 Å². The third kappa shape index (κ3) is 3.45. The molecule has 0 spiro atoms. The summed E-state index contributed by atoms with van der Waals surface area (Å²) < 4.78 is 1.17. The second-order valence-corrected chi connectivity index (χ2v) is 9.14. The van der Waals surface area contributed by atoms with E-state index in [0.29, 0.717) is 12.0 Å². The Kier molecular flexibility index (Phi) is 5.13. The molecule has 0 saturated heterocycles. The van der Waals surface area contributed by atoms with E-state index in [1.165, 1.54) is 4.70 Å². The molecule has 0 fully saturated rings. The van der Waals surface area contributed by atoms with Crippen LogP contribution < -0.4 is 0 Å². The molecule has 2 nitrogen and oxygen atoms in total. The summed E-state index contributed by atoms with van der Waals surface area (Å²) in [5.74, 6) is -0.503. The first-order chi connectivity index (χ1) is 15.2. The van der Waals surface area contributed by atoms with Gasteiger partial charge in [-0.2, -0.15) is 0 Å². The molecule has 3 heteroatoms. The van der Waals surface area contributed by atoms with Crippen LogP contribution in [0.15, 0.2) is 78.9 Å². The summed E-state index contributed by atoms with van der Waals surface area (Å²) in [5.41, 5.74) is 5.02. The Labute approximate surface area is 185 Å². The molecule has 0 saturated carbocycles. The second-order valence-electron chi connectivity index (χ2n) is 8.06. The quantitative estimate of drug-likeness (QED) is 0.258. The maximum absolute atomic E-state index is 13.9. The van der Waals surface area contributed by atoms with Gasteiger partial charge in [-0.1, -0.05) is 78.4 Å². The van der Waals surface area contributed by atoms with Crippen LogP contribution in [-0.2, 0) is 4.79 Å². The van der Waals surface area contributed by atoms with E-state index >= 15 is 0 Å². The van der Waals surface area contributed by atoms with E-state index < -0.39 is 0 Å². The topological polar surface area (TPSA) is 34.1 Å². The van der Waals surface area contributed by atoms with E-state index in [1.807, 2.05) is 61.5 Å². The zero-order valence-corrected chi connectivity index (χ0v) is 18.1. The predicted octanol–water partition coefficient (Wildman–Crippen LogP) is 6.94. The highest BCUT2D eigenvalue weighted by atomic mass is 32.1. The average molecular weight is 423 g/mol. The number of hydrogen-bond donors (Lipinski definition) is 0. The number of fused-ring (bicyclic) bond motifs is 3. The Morgan fingerprint density at radius 3 is 2.39 bits per heavy atom. The van der Waals surface area contributed by atoms with Crippen LogP contribution in [0, 0.1) is 12.8 Å². The summed E-state index contributed by atoms with van der Waals surface area (Å²) in [6.07, 6.45) is 3.46. The van der Waals surface area contributed by atoms with Crippen molar-refractivity contribution in [3.8, 4) is 0 Å². The number of hydrogen-bond acceptors (Lipinski definition) is 3. The van der Waals surface area contributed by atoms with E-state index in [4.69, 9.17) is 0 Å². The number of rotatable bonds is 5. The van der Waals surface area contributed by atoms with Crippen molar-refractivity contribution >= 4 is 45.1 Å². The standard InChI is InChI=1S/C28H22O2S/c1-18-11-13-20(14-12-18)28(30)27-21(15-16-29)23(19-7-3-2-4-8-19)17-25-26(27)22-9-5-6-10-24(22)31-25/h2-14,16-17,21,27H,15H2,1H3/t21-,27?/m0/s1. The van der Waals surface area contributed by atoms with Crippen LogP contribution in [0.4, 0.5) is 0 Å². The number of thiophene rings is 1. The Morgan fingerprint density at radius 1 is 0.935 bits per heavy atom. The summed E-state index contributed by atoms with van der Waals surface area (Å²) in [6, 6.07) is 26.2. The molecule has 1 aliphatic rings. The second kappa shape index (κ2) is 8.09. The minimum absolute atomic E-state index is 0.0817. The third-order valence-corrected chi connectivity index (χ3v) is 7.27. The zero-order chi connectivity index (χ0) is 21.4. The molecule has 1 heterocycles. The number of carbonyl (C=O) groups is 2. The van der Waals surface area contributed by atoms with E-state index in [1.54, 1.807) is 11.3 Å². The molecule has 0 bridgehead atoms. The lowest BCUT2D eigenvalue weighted by molar-refractivity contribution is -0.108. The van der Waals surface area contributed by atoms with Gasteiger partial charge >= 0.3 is 0 Å². The van der Waals surface area contributed by atoms with Crippen LogP contribution in [-0.4, -0.2) is 12.1 Å². The Hall–Kier alpha value is -3.30. The number of allylic oxidation sites excluding steroid dienone is 1. The molecule has 0 amide bonds. The van der Waals surface area contributed by atoms with E-state index in [2.05, 4.69) is 30.3 Å². The number of aryl methyl sites for hydroxylation is 1. The van der Waals surface area contributed by atoms with Crippen LogP contribution in [0.2, 0.25) is 0 Å². The molecule has 4 aromatic rings. The maximum Gasteiger partial charge on any atom is 0.171 e. The van der Waals surface area contributed by atoms with Crippen molar-refractivity contribution in [2.45, 2.75) is 19.3 Å². The van der Waals surface area contributed by atoms with Crippen LogP contribution in [0.25, 0.3) is 21.7 Å². The van der Waals surface area contributed by atoms with Gasteiger partial charge in [0.05, 0.1) is 5.92 Å². The van der Waals surface area contributed by atoms with Crippen LogP contribution in [0.1, 0.15) is 44.3 Å². The van der Waals surface area contributed by atoms with Crippen molar-refractivity contribution in [2.75, 3.05) is 0 Å². The molecule has 152 valence electrons. The first-order valence-corrected chi connectivity index (χ1v) is 11.3. The van der Waals surface area contributed by atoms with E-state index in [-0.39, 0.29) is 17.6 Å². The van der Waals surface area contributed by atoms with Crippen molar-refractivity contribution in [2.24, 2.45) is 5.92 Å². The Balaban J connectivity index is 1.76. The maximum atomic E-state index is 13.9. The van der Waals surface area contributed by atoms with Crippen molar-refractivity contribution in [1.82, 2.24) is 0 Å². The summed E-state index contributed by atoms with van der Waals surface area (Å²) in [7, 11) is 0. The number of carbonyl (C=O) groups excluding carboxylic acids is 2. The molecule has 5 rings (SSSR count). The molecule has 0 N–H and O–H groups in total. The molecule has 3 aromatic carbocycles. The number of Topliss-reactive ketones (excluding diaryl/α,β-unsaturated/α-hetero) is 1. The predicted molar refractivity (Wildman–Crippen MR) is 129 cm³/mol. The highest BCUT2D eigenvalue weighted by molar-refractivity contribution is 7.20. The van der Waals surface area contributed by atoms with Gasteiger partial charge in [0.1, 0.15) is 6.29 Å². The van der Waals surface area contributed by atoms with Crippen molar-refractivity contribution in [3.63, 3.8) is 0 Å². The van der Waals surface area contributed by atoms with Gasteiger partial charge in [-0.3, -0.25) is 4.79 Å². The fraction of sp³-hybridized carbons (Fsp3) is 0.143. The van der Waals surface area contributed by atoms with Crippen LogP contribution >= 0.6 is 11.3 Å². The Morgan fingerprint density at radius 2 is 1.65 bits per heavy atom. The van der Waals surface area contributed by atoms with Crippen molar-refractivity contribution < 1.29 is 9.59 Å². The molecule has 2 atom stereocenters. The van der Waals surface area contributed by atoms with E-state index in [9.17, 15) is 9.59 Å². The molecule has 0 aliphatic heterocycles. The molecule has 1 aromatic heterocycles. The van der Waals surface area contributed by atoms with Gasteiger partial charge in [0.15, 0.2) is 5.78 Å². The van der Waals surface area contributed by atoms with Crippen LogP contribution in [0.3, 0.4) is 0 Å². The first kappa shape index (κ1) is 19.7. The average Bonchev–Trinajstić information content (AvgIpc) is 3.18. The zero-order valence-electron chi connectivity index (χ0n) is 17.2. The monoisotopic (exact) mass is 422 g/mol. The molecule has 0 radical (unpaired) electrons. The van der Waals surface area contributed by atoms with E-state index in [0.717, 1.165) is 38.8 Å². The fourth-order valence-electron chi connectivity index (χ4n) is 4.65. The number of benzene rings is 3. The lowest BCUT2D eigenvalue weighted by atomic mass is 9.70. The minimum atomic E-state index is -0.390. The molecular weight excluding hydrogens is 400 g/mol. The molecule has 31 heavy (non-hydrogen) atoms. The normalized spacial score (nSPS) is 17.8. The largest absolute Gasteiger partial charge is 0.303 e. The van der Waals surface area contributed by atoms with Crippen molar-refractivity contribution in [3.05, 3.63) is 106 Å². The fourth-order valence-corrected chi connectivity index (χ4v) is 5.85. The van der Waals surface area contributed by atoms with Gasteiger partial charge < -0.3 is 4.79 Å². The lowest BCUT2D eigenvalue weighted by Gasteiger charge is -2.32. The van der Waals surface area contributed by atoms with Crippen molar-refractivity contribution in [1.29, 1.82) is 0 Å². The highest BCUT2D eigenvalue weighted by Crippen LogP contribution is 2.50. The van der Waals surface area contributed by atoms with Gasteiger partial charge in [0.2, 0.25) is 0 Å². The third-order valence-electron chi connectivity index (χ3n) is 6.14. The molecular formula is C28H22O2S.